The fraction of sp³-hybridized carbons (Fsp3) is 0.929. The quantitative estimate of drug-likeness (QED) is 0.164. The van der Waals surface area contributed by atoms with E-state index < -0.39 is 0 Å². The molecule has 0 spiro atoms. The molecule has 0 N–H and O–H groups in total. The predicted octanol–water partition coefficient (Wildman–Crippen LogP) is 8.12. The number of hydrogen-bond acceptors (Lipinski definition) is 4. The van der Waals surface area contributed by atoms with Crippen LogP contribution in [0.5, 0.6) is 0 Å². The molecule has 0 aliphatic carbocycles. The fourth-order valence-corrected chi connectivity index (χ4v) is 3.41. The second-order valence-electron chi connectivity index (χ2n) is 11.9. The van der Waals surface area contributed by atoms with Gasteiger partial charge in [0.15, 0.2) is 0 Å². The van der Waals surface area contributed by atoms with Crippen molar-refractivity contribution in [2.75, 3.05) is 13.2 Å². The summed E-state index contributed by atoms with van der Waals surface area (Å²) in [5.74, 6) is 1.14. The second-order valence-corrected chi connectivity index (χ2v) is 11.9. The summed E-state index contributed by atoms with van der Waals surface area (Å²) in [4.78, 5) is 23.6. The van der Waals surface area contributed by atoms with Gasteiger partial charge in [-0.25, -0.2) is 0 Å². The van der Waals surface area contributed by atoms with Gasteiger partial charge in [0.25, 0.3) is 0 Å². The maximum Gasteiger partial charge on any atom is 0.305 e. The third-order valence-corrected chi connectivity index (χ3v) is 7.06. The van der Waals surface area contributed by atoms with Crippen LogP contribution in [0, 0.1) is 22.7 Å². The van der Waals surface area contributed by atoms with Crippen molar-refractivity contribution in [2.24, 2.45) is 22.7 Å². The number of hydrogen-bond donors (Lipinski definition) is 0. The van der Waals surface area contributed by atoms with Crippen molar-refractivity contribution < 1.29 is 19.1 Å². The van der Waals surface area contributed by atoms with E-state index in [9.17, 15) is 9.59 Å². The lowest BCUT2D eigenvalue weighted by Gasteiger charge is -2.27. The van der Waals surface area contributed by atoms with Gasteiger partial charge in [-0.15, -0.1) is 0 Å². The molecule has 0 heterocycles. The van der Waals surface area contributed by atoms with E-state index in [1.807, 2.05) is 0 Å². The van der Waals surface area contributed by atoms with Gasteiger partial charge in [-0.05, 0) is 61.2 Å². The highest BCUT2D eigenvalue weighted by Gasteiger charge is 2.20. The Morgan fingerprint density at radius 2 is 0.875 bits per heavy atom. The molecular formula is C28H54O4. The molecule has 0 saturated heterocycles. The molecule has 32 heavy (non-hydrogen) atoms. The Kier molecular flexibility index (Phi) is 16.0. The van der Waals surface area contributed by atoms with E-state index in [1.54, 1.807) is 0 Å². The Morgan fingerprint density at radius 3 is 1.19 bits per heavy atom. The third kappa shape index (κ3) is 17.5. The van der Waals surface area contributed by atoms with Gasteiger partial charge in [-0.1, -0.05) is 81.1 Å². The van der Waals surface area contributed by atoms with Crippen LogP contribution in [0.25, 0.3) is 0 Å². The van der Waals surface area contributed by atoms with Crippen LogP contribution in [-0.2, 0) is 19.1 Å². The Bertz CT molecular complexity index is 453. The molecule has 0 amide bonds. The number of carbonyl (C=O) groups is 2. The largest absolute Gasteiger partial charge is 0.466 e. The van der Waals surface area contributed by atoms with Gasteiger partial charge in [0.05, 0.1) is 13.2 Å². The van der Waals surface area contributed by atoms with Crippen LogP contribution in [-0.4, -0.2) is 25.2 Å². The molecule has 0 bridgehead atoms. The minimum Gasteiger partial charge on any atom is -0.466 e. The molecule has 0 aromatic rings. The smallest absolute Gasteiger partial charge is 0.305 e. The van der Waals surface area contributed by atoms with Crippen molar-refractivity contribution in [3.05, 3.63) is 0 Å². The summed E-state index contributed by atoms with van der Waals surface area (Å²) in [7, 11) is 0. The summed E-state index contributed by atoms with van der Waals surface area (Å²) in [5, 5.41) is 0. The fourth-order valence-electron chi connectivity index (χ4n) is 3.41. The van der Waals surface area contributed by atoms with Crippen LogP contribution in [0.3, 0.4) is 0 Å². The van der Waals surface area contributed by atoms with Gasteiger partial charge in [0.2, 0.25) is 0 Å². The first-order valence-corrected chi connectivity index (χ1v) is 13.1. The van der Waals surface area contributed by atoms with E-state index in [-0.39, 0.29) is 11.9 Å². The number of carbonyl (C=O) groups excluding carboxylic acids is 2. The number of ether oxygens (including phenoxy) is 2. The standard InChI is InChI=1S/C28H54O4/c1-23(27(3,4)5)17-15-21-31-25(29)19-13-11-9-10-12-14-20-26(30)32-22-16-18-24(2)28(6,7)8/h23-24H,9-22H2,1-8H3. The minimum atomic E-state index is -0.0620. The summed E-state index contributed by atoms with van der Waals surface area (Å²) in [6.45, 7) is 19.2. The molecule has 0 aromatic heterocycles. The van der Waals surface area contributed by atoms with Gasteiger partial charge in [0.1, 0.15) is 0 Å². The SMILES string of the molecule is CC(CCCOC(=O)CCCCCCCCC(=O)OCCCC(C)C(C)(C)C)C(C)(C)C. The lowest BCUT2D eigenvalue weighted by molar-refractivity contribution is -0.145. The molecule has 2 atom stereocenters. The molecule has 2 unspecified atom stereocenters. The summed E-state index contributed by atoms with van der Waals surface area (Å²) in [6.07, 6.45) is 11.2. The number of unbranched alkanes of at least 4 members (excludes halogenated alkanes) is 5. The van der Waals surface area contributed by atoms with E-state index in [0.29, 0.717) is 48.7 Å². The van der Waals surface area contributed by atoms with E-state index in [2.05, 4.69) is 55.4 Å². The monoisotopic (exact) mass is 454 g/mol. The zero-order valence-corrected chi connectivity index (χ0v) is 22.7. The molecule has 0 saturated carbocycles. The molecule has 0 aromatic carbocycles. The molecule has 0 aliphatic heterocycles. The first-order chi connectivity index (χ1) is 14.8. The summed E-state index contributed by atoms with van der Waals surface area (Å²) < 4.78 is 10.7. The van der Waals surface area contributed by atoms with Gasteiger partial charge in [0, 0.05) is 12.8 Å². The number of rotatable bonds is 17. The van der Waals surface area contributed by atoms with Crippen LogP contribution in [0.15, 0.2) is 0 Å². The Morgan fingerprint density at radius 1 is 0.562 bits per heavy atom. The summed E-state index contributed by atoms with van der Waals surface area (Å²) in [5.41, 5.74) is 0.629. The van der Waals surface area contributed by atoms with Gasteiger partial charge in [-0.2, -0.15) is 0 Å². The van der Waals surface area contributed by atoms with Crippen LogP contribution < -0.4 is 0 Å². The van der Waals surface area contributed by atoms with E-state index in [4.69, 9.17) is 9.47 Å². The average Bonchev–Trinajstić information content (AvgIpc) is 2.68. The molecular weight excluding hydrogens is 400 g/mol. The van der Waals surface area contributed by atoms with Gasteiger partial charge >= 0.3 is 11.9 Å². The van der Waals surface area contributed by atoms with Crippen LogP contribution in [0.1, 0.15) is 132 Å². The van der Waals surface area contributed by atoms with Crippen molar-refractivity contribution in [3.63, 3.8) is 0 Å². The van der Waals surface area contributed by atoms with Crippen LogP contribution >= 0.6 is 0 Å². The molecule has 0 aliphatic rings. The normalized spacial score (nSPS) is 14.1. The highest BCUT2D eigenvalue weighted by Crippen LogP contribution is 2.29. The highest BCUT2D eigenvalue weighted by atomic mass is 16.5. The van der Waals surface area contributed by atoms with E-state index >= 15 is 0 Å². The first kappa shape index (κ1) is 30.9. The van der Waals surface area contributed by atoms with E-state index in [1.165, 1.54) is 0 Å². The molecule has 0 rings (SSSR count). The first-order valence-electron chi connectivity index (χ1n) is 13.1. The van der Waals surface area contributed by atoms with Crippen LogP contribution in [0.2, 0.25) is 0 Å². The lowest BCUT2D eigenvalue weighted by Crippen LogP contribution is -2.18. The lowest BCUT2D eigenvalue weighted by atomic mass is 9.79. The Hall–Kier alpha value is -1.06. The maximum absolute atomic E-state index is 11.8. The van der Waals surface area contributed by atoms with E-state index in [0.717, 1.165) is 64.2 Å². The Balaban J connectivity index is 3.49. The third-order valence-electron chi connectivity index (χ3n) is 7.06. The Labute approximate surface area is 199 Å². The average molecular weight is 455 g/mol. The predicted molar refractivity (Wildman–Crippen MR) is 135 cm³/mol. The van der Waals surface area contributed by atoms with Gasteiger partial charge < -0.3 is 9.47 Å². The van der Waals surface area contributed by atoms with Crippen molar-refractivity contribution >= 4 is 11.9 Å². The highest BCUT2D eigenvalue weighted by molar-refractivity contribution is 5.69. The maximum atomic E-state index is 11.8. The molecule has 4 nitrogen and oxygen atoms in total. The van der Waals surface area contributed by atoms with Crippen molar-refractivity contribution in [3.8, 4) is 0 Å². The topological polar surface area (TPSA) is 52.6 Å². The summed E-state index contributed by atoms with van der Waals surface area (Å²) >= 11 is 0. The zero-order chi connectivity index (χ0) is 24.6. The minimum absolute atomic E-state index is 0.0620. The molecule has 190 valence electrons. The zero-order valence-electron chi connectivity index (χ0n) is 22.7. The van der Waals surface area contributed by atoms with Crippen molar-refractivity contribution in [2.45, 2.75) is 132 Å². The molecule has 0 radical (unpaired) electrons. The molecule has 4 heteroatoms. The van der Waals surface area contributed by atoms with Crippen LogP contribution in [0.4, 0.5) is 0 Å². The van der Waals surface area contributed by atoms with Crippen molar-refractivity contribution in [1.29, 1.82) is 0 Å². The van der Waals surface area contributed by atoms with Crippen molar-refractivity contribution in [1.82, 2.24) is 0 Å². The summed E-state index contributed by atoms with van der Waals surface area (Å²) in [6, 6.07) is 0. The molecule has 0 fully saturated rings. The second kappa shape index (κ2) is 16.5. The number of esters is 2. The van der Waals surface area contributed by atoms with Gasteiger partial charge in [-0.3, -0.25) is 9.59 Å².